The Hall–Kier alpha value is -1.03. The zero-order valence-corrected chi connectivity index (χ0v) is 13.8. The first-order valence-corrected chi connectivity index (χ1v) is 7.58. The second kappa shape index (κ2) is 7.11. The normalized spacial score (nSPS) is 12.2. The lowest BCUT2D eigenvalue weighted by molar-refractivity contribution is 0.406. The highest BCUT2D eigenvalue weighted by atomic mass is 79.9. The Balaban J connectivity index is 2.04. The van der Waals surface area contributed by atoms with Gasteiger partial charge in [0.25, 0.3) is 0 Å². The first kappa shape index (κ1) is 15.4. The summed E-state index contributed by atoms with van der Waals surface area (Å²) in [6, 6.07) is 14.2. The van der Waals surface area contributed by atoms with Gasteiger partial charge in [-0.2, -0.15) is 0 Å². The van der Waals surface area contributed by atoms with Crippen LogP contribution in [0.2, 0.25) is 5.02 Å². The van der Waals surface area contributed by atoms with Gasteiger partial charge in [-0.1, -0.05) is 39.7 Å². The molecule has 1 N–H and O–H groups in total. The molecule has 2 rings (SSSR count). The highest BCUT2D eigenvalue weighted by Crippen LogP contribution is 2.23. The van der Waals surface area contributed by atoms with Gasteiger partial charge in [-0.3, -0.25) is 0 Å². The van der Waals surface area contributed by atoms with Gasteiger partial charge < -0.3 is 10.1 Å². The molecule has 0 radical (unpaired) electrons. The van der Waals surface area contributed by atoms with Crippen LogP contribution in [0.4, 0.5) is 0 Å². The Morgan fingerprint density at radius 1 is 1.20 bits per heavy atom. The number of halogens is 2. The molecule has 0 aliphatic carbocycles. The molecule has 2 aromatic rings. The van der Waals surface area contributed by atoms with Crippen LogP contribution < -0.4 is 10.1 Å². The van der Waals surface area contributed by atoms with Gasteiger partial charge in [0, 0.05) is 27.6 Å². The smallest absolute Gasteiger partial charge is 0.123 e. The van der Waals surface area contributed by atoms with E-state index in [0.717, 1.165) is 20.8 Å². The standard InChI is InChI=1S/C16H17BrClNO/c1-11(12-3-5-14(17)6-4-12)19-10-13-9-15(18)7-8-16(13)20-2/h3-9,11,19H,10H2,1-2H3/t11-/m1/s1. The van der Waals surface area contributed by atoms with Gasteiger partial charge in [0.1, 0.15) is 5.75 Å². The van der Waals surface area contributed by atoms with Crippen LogP contribution in [0.1, 0.15) is 24.1 Å². The van der Waals surface area contributed by atoms with E-state index in [2.05, 4.69) is 40.3 Å². The molecule has 0 heterocycles. The van der Waals surface area contributed by atoms with Crippen molar-refractivity contribution in [3.63, 3.8) is 0 Å². The van der Waals surface area contributed by atoms with Crippen molar-refractivity contribution < 1.29 is 4.74 Å². The van der Waals surface area contributed by atoms with Crippen LogP contribution in [-0.2, 0) is 6.54 Å². The van der Waals surface area contributed by atoms with Crippen molar-refractivity contribution in [2.45, 2.75) is 19.5 Å². The molecule has 0 amide bonds. The number of methoxy groups -OCH3 is 1. The van der Waals surface area contributed by atoms with Crippen LogP contribution >= 0.6 is 27.5 Å². The van der Waals surface area contributed by atoms with E-state index in [4.69, 9.17) is 16.3 Å². The minimum atomic E-state index is 0.256. The zero-order valence-electron chi connectivity index (χ0n) is 11.5. The molecule has 0 aliphatic heterocycles. The molecule has 2 aromatic carbocycles. The fourth-order valence-corrected chi connectivity index (χ4v) is 2.48. The van der Waals surface area contributed by atoms with Crippen LogP contribution in [0.3, 0.4) is 0 Å². The van der Waals surface area contributed by atoms with Gasteiger partial charge >= 0.3 is 0 Å². The maximum absolute atomic E-state index is 6.03. The van der Waals surface area contributed by atoms with Crippen molar-refractivity contribution in [2.24, 2.45) is 0 Å². The second-order valence-corrected chi connectivity index (χ2v) is 5.96. The molecule has 0 aliphatic rings. The molecular formula is C16H17BrClNO. The monoisotopic (exact) mass is 353 g/mol. The first-order chi connectivity index (χ1) is 9.60. The summed E-state index contributed by atoms with van der Waals surface area (Å²) in [5.41, 5.74) is 2.30. The molecule has 4 heteroatoms. The van der Waals surface area contributed by atoms with Gasteiger partial charge in [0.2, 0.25) is 0 Å². The van der Waals surface area contributed by atoms with E-state index < -0.39 is 0 Å². The third-order valence-corrected chi connectivity index (χ3v) is 3.97. The highest BCUT2D eigenvalue weighted by Gasteiger charge is 2.08. The molecular weight excluding hydrogens is 338 g/mol. The lowest BCUT2D eigenvalue weighted by atomic mass is 10.1. The van der Waals surface area contributed by atoms with Crippen LogP contribution in [0.15, 0.2) is 46.9 Å². The SMILES string of the molecule is COc1ccc(Cl)cc1CN[C@H](C)c1ccc(Br)cc1. The van der Waals surface area contributed by atoms with Crippen molar-refractivity contribution >= 4 is 27.5 Å². The third-order valence-electron chi connectivity index (χ3n) is 3.21. The minimum Gasteiger partial charge on any atom is -0.496 e. The average Bonchev–Trinajstić information content (AvgIpc) is 2.45. The van der Waals surface area contributed by atoms with E-state index in [1.165, 1.54) is 5.56 Å². The van der Waals surface area contributed by atoms with Crippen molar-refractivity contribution in [1.29, 1.82) is 0 Å². The second-order valence-electron chi connectivity index (χ2n) is 4.61. The molecule has 106 valence electrons. The highest BCUT2D eigenvalue weighted by molar-refractivity contribution is 9.10. The van der Waals surface area contributed by atoms with Crippen molar-refractivity contribution in [1.82, 2.24) is 5.32 Å². The van der Waals surface area contributed by atoms with Crippen molar-refractivity contribution in [3.8, 4) is 5.75 Å². The van der Waals surface area contributed by atoms with Crippen molar-refractivity contribution in [3.05, 3.63) is 63.1 Å². The number of hydrogen-bond donors (Lipinski definition) is 1. The molecule has 0 spiro atoms. The molecule has 2 nitrogen and oxygen atoms in total. The van der Waals surface area contributed by atoms with Crippen LogP contribution in [0, 0.1) is 0 Å². The summed E-state index contributed by atoms with van der Waals surface area (Å²) < 4.78 is 6.44. The Labute approximate surface area is 133 Å². The van der Waals surface area contributed by atoms with Gasteiger partial charge in [-0.05, 0) is 42.8 Å². The fourth-order valence-electron chi connectivity index (χ4n) is 2.02. The van der Waals surface area contributed by atoms with E-state index in [0.29, 0.717) is 6.54 Å². The number of nitrogens with one attached hydrogen (secondary N) is 1. The summed E-state index contributed by atoms with van der Waals surface area (Å²) in [5.74, 6) is 0.852. The Morgan fingerprint density at radius 2 is 1.90 bits per heavy atom. The predicted octanol–water partition coefficient (Wildman–Crippen LogP) is 4.96. The molecule has 0 saturated heterocycles. The summed E-state index contributed by atoms with van der Waals surface area (Å²) in [7, 11) is 1.67. The van der Waals surface area contributed by atoms with Gasteiger partial charge in [0.05, 0.1) is 7.11 Å². The average molecular weight is 355 g/mol. The Bertz CT molecular complexity index is 571. The quantitative estimate of drug-likeness (QED) is 0.819. The summed E-state index contributed by atoms with van der Waals surface area (Å²) in [5, 5.41) is 4.20. The molecule has 0 saturated carbocycles. The largest absolute Gasteiger partial charge is 0.496 e. The molecule has 0 bridgehead atoms. The number of benzene rings is 2. The first-order valence-electron chi connectivity index (χ1n) is 6.41. The van der Waals surface area contributed by atoms with Crippen molar-refractivity contribution in [2.75, 3.05) is 7.11 Å². The third kappa shape index (κ3) is 3.98. The minimum absolute atomic E-state index is 0.256. The van der Waals surface area contributed by atoms with Gasteiger partial charge in [-0.25, -0.2) is 0 Å². The van der Waals surface area contributed by atoms with E-state index in [1.807, 2.05) is 30.3 Å². The summed E-state index contributed by atoms with van der Waals surface area (Å²) >= 11 is 9.48. The van der Waals surface area contributed by atoms with Crippen LogP contribution in [0.25, 0.3) is 0 Å². The summed E-state index contributed by atoms with van der Waals surface area (Å²) in [6.07, 6.45) is 0. The zero-order chi connectivity index (χ0) is 14.5. The molecule has 0 aromatic heterocycles. The van der Waals surface area contributed by atoms with E-state index in [1.54, 1.807) is 7.11 Å². The van der Waals surface area contributed by atoms with Gasteiger partial charge in [-0.15, -0.1) is 0 Å². The molecule has 0 fully saturated rings. The number of rotatable bonds is 5. The fraction of sp³-hybridized carbons (Fsp3) is 0.250. The summed E-state index contributed by atoms with van der Waals surface area (Å²) in [6.45, 7) is 2.85. The van der Waals surface area contributed by atoms with E-state index >= 15 is 0 Å². The Morgan fingerprint density at radius 3 is 2.55 bits per heavy atom. The molecule has 0 unspecified atom stereocenters. The van der Waals surface area contributed by atoms with Crippen LogP contribution in [-0.4, -0.2) is 7.11 Å². The van der Waals surface area contributed by atoms with E-state index in [9.17, 15) is 0 Å². The number of hydrogen-bond acceptors (Lipinski definition) is 2. The number of ether oxygens (including phenoxy) is 1. The molecule has 20 heavy (non-hydrogen) atoms. The lowest BCUT2D eigenvalue weighted by Gasteiger charge is -2.16. The van der Waals surface area contributed by atoms with E-state index in [-0.39, 0.29) is 6.04 Å². The maximum Gasteiger partial charge on any atom is 0.123 e. The van der Waals surface area contributed by atoms with Crippen LogP contribution in [0.5, 0.6) is 5.75 Å². The van der Waals surface area contributed by atoms with Gasteiger partial charge in [0.15, 0.2) is 0 Å². The lowest BCUT2D eigenvalue weighted by Crippen LogP contribution is -2.18. The predicted molar refractivity (Wildman–Crippen MR) is 87.4 cm³/mol. The molecule has 1 atom stereocenters. The summed E-state index contributed by atoms with van der Waals surface area (Å²) in [4.78, 5) is 0. The Kier molecular flexibility index (Phi) is 5.46. The maximum atomic E-state index is 6.03. The topological polar surface area (TPSA) is 21.3 Å².